The molecule has 1 aromatic heterocycles. The van der Waals surface area contributed by atoms with Gasteiger partial charge in [-0.15, -0.1) is 0 Å². The number of rotatable bonds is 3. The van der Waals surface area contributed by atoms with Gasteiger partial charge in [-0.1, -0.05) is 0 Å². The van der Waals surface area contributed by atoms with Crippen LogP contribution in [0.2, 0.25) is 0 Å². The summed E-state index contributed by atoms with van der Waals surface area (Å²) in [5, 5.41) is 3.52. The Hall–Kier alpha value is -2.95. The van der Waals surface area contributed by atoms with Crippen LogP contribution in [0, 0.1) is 11.7 Å². The Kier molecular flexibility index (Phi) is 4.23. The van der Waals surface area contributed by atoms with E-state index in [4.69, 9.17) is 0 Å². The topological polar surface area (TPSA) is 45.2 Å². The van der Waals surface area contributed by atoms with Crippen molar-refractivity contribution in [3.63, 3.8) is 0 Å². The molecular weight excluding hydrogens is 353 g/mol. The van der Waals surface area contributed by atoms with Crippen molar-refractivity contribution in [1.82, 2.24) is 4.98 Å². The van der Waals surface area contributed by atoms with Gasteiger partial charge < -0.3 is 10.2 Å². The lowest BCUT2D eigenvalue weighted by Crippen LogP contribution is -2.48. The lowest BCUT2D eigenvalue weighted by atomic mass is 9.79. The van der Waals surface area contributed by atoms with Crippen molar-refractivity contribution in [3.8, 4) is 0 Å². The van der Waals surface area contributed by atoms with Crippen LogP contribution in [0.15, 0.2) is 54.7 Å². The number of benzene rings is 2. The summed E-state index contributed by atoms with van der Waals surface area (Å²) in [6.07, 6.45) is 6.86. The smallest absolute Gasteiger partial charge is 0.255 e. The minimum Gasteiger partial charge on any atom is -0.368 e. The molecule has 1 saturated carbocycles. The van der Waals surface area contributed by atoms with Gasteiger partial charge in [-0.05, 0) is 80.1 Å². The average Bonchev–Trinajstić information content (AvgIpc) is 2.74. The molecule has 2 aliphatic heterocycles. The molecule has 4 nitrogen and oxygen atoms in total. The second-order valence-electron chi connectivity index (χ2n) is 7.89. The van der Waals surface area contributed by atoms with Crippen molar-refractivity contribution in [3.05, 3.63) is 66.1 Å². The van der Waals surface area contributed by atoms with E-state index in [1.165, 1.54) is 43.5 Å². The Morgan fingerprint density at radius 3 is 2.54 bits per heavy atom. The minimum absolute atomic E-state index is 0.190. The predicted molar refractivity (Wildman–Crippen MR) is 109 cm³/mol. The van der Waals surface area contributed by atoms with Gasteiger partial charge in [0.15, 0.2) is 0 Å². The van der Waals surface area contributed by atoms with Crippen molar-refractivity contribution in [2.24, 2.45) is 5.92 Å². The fraction of sp³-hybridized carbons (Fsp3) is 0.304. The number of carbonyl (C=O) groups is 1. The molecule has 1 N–H and O–H groups in total. The van der Waals surface area contributed by atoms with E-state index in [0.717, 1.165) is 12.5 Å². The molecule has 2 aromatic carbocycles. The number of piperidine rings is 2. The summed E-state index contributed by atoms with van der Waals surface area (Å²) < 4.78 is 13.4. The first-order valence-electron chi connectivity index (χ1n) is 9.89. The molecule has 0 radical (unpaired) electrons. The number of carbonyl (C=O) groups excluding carboxylic acids is 1. The maximum Gasteiger partial charge on any atom is 0.255 e. The molecule has 3 aromatic rings. The Balaban J connectivity index is 1.31. The molecule has 5 heteroatoms. The standard InChI is InChI=1S/C23H22FN3O/c24-18-5-10-22-17(11-18)12-19(13-25-22)26-23(28)16-3-8-21(9-4-16)27-14-15-1-6-20(27)7-2-15/h3-5,8-13,15,20H,1-2,6-7,14H2,(H,26,28). The molecule has 3 heterocycles. The summed E-state index contributed by atoms with van der Waals surface area (Å²) in [5.74, 6) is 0.308. The summed E-state index contributed by atoms with van der Waals surface area (Å²) >= 11 is 0. The van der Waals surface area contributed by atoms with E-state index in [2.05, 4.69) is 15.2 Å². The maximum absolute atomic E-state index is 13.4. The Labute approximate surface area is 163 Å². The largest absolute Gasteiger partial charge is 0.368 e. The van der Waals surface area contributed by atoms with Gasteiger partial charge in [0, 0.05) is 29.2 Å². The lowest BCUT2D eigenvalue weighted by molar-refractivity contribution is 0.102. The molecule has 1 amide bonds. The van der Waals surface area contributed by atoms with E-state index >= 15 is 0 Å². The highest BCUT2D eigenvalue weighted by Crippen LogP contribution is 2.37. The fourth-order valence-electron chi connectivity index (χ4n) is 4.56. The summed E-state index contributed by atoms with van der Waals surface area (Å²) in [5.41, 5.74) is 3.05. The quantitative estimate of drug-likeness (QED) is 0.700. The normalized spacial score (nSPS) is 21.1. The molecule has 3 fully saturated rings. The van der Waals surface area contributed by atoms with E-state index in [-0.39, 0.29) is 11.7 Å². The molecular formula is C23H22FN3O. The molecule has 28 heavy (non-hydrogen) atoms. The number of nitrogens with one attached hydrogen (secondary N) is 1. The molecule has 0 atom stereocenters. The predicted octanol–water partition coefficient (Wildman–Crippen LogP) is 5.01. The van der Waals surface area contributed by atoms with Gasteiger partial charge in [0.05, 0.1) is 17.4 Å². The van der Waals surface area contributed by atoms with Crippen molar-refractivity contribution >= 4 is 28.2 Å². The third-order valence-electron chi connectivity index (χ3n) is 6.07. The van der Waals surface area contributed by atoms with Crippen LogP contribution in [0.3, 0.4) is 0 Å². The van der Waals surface area contributed by atoms with Crippen molar-refractivity contribution in [2.75, 3.05) is 16.8 Å². The molecule has 1 aliphatic carbocycles. The second-order valence-corrected chi connectivity index (χ2v) is 7.89. The van der Waals surface area contributed by atoms with E-state index in [0.29, 0.717) is 28.2 Å². The van der Waals surface area contributed by atoms with Crippen molar-refractivity contribution in [1.29, 1.82) is 0 Å². The highest BCUT2D eigenvalue weighted by Gasteiger charge is 2.33. The first-order chi connectivity index (χ1) is 13.7. The number of hydrogen-bond donors (Lipinski definition) is 1. The zero-order valence-corrected chi connectivity index (χ0v) is 15.6. The molecule has 6 rings (SSSR count). The number of halogens is 1. The zero-order chi connectivity index (χ0) is 19.1. The van der Waals surface area contributed by atoms with Gasteiger partial charge in [-0.3, -0.25) is 9.78 Å². The van der Waals surface area contributed by atoms with Crippen LogP contribution in [-0.4, -0.2) is 23.5 Å². The third-order valence-corrected chi connectivity index (χ3v) is 6.07. The van der Waals surface area contributed by atoms with Crippen LogP contribution in [-0.2, 0) is 0 Å². The number of amides is 1. The number of aromatic nitrogens is 1. The van der Waals surface area contributed by atoms with Gasteiger partial charge in [0.2, 0.25) is 0 Å². The molecule has 0 spiro atoms. The van der Waals surface area contributed by atoms with Gasteiger partial charge >= 0.3 is 0 Å². The number of fused-ring (bicyclic) bond motifs is 4. The molecule has 2 saturated heterocycles. The molecule has 0 unspecified atom stereocenters. The van der Waals surface area contributed by atoms with Crippen molar-refractivity contribution < 1.29 is 9.18 Å². The van der Waals surface area contributed by atoms with Crippen LogP contribution in [0.5, 0.6) is 0 Å². The first kappa shape index (κ1) is 17.2. The Bertz CT molecular complexity index is 1030. The Morgan fingerprint density at radius 1 is 1.04 bits per heavy atom. The maximum atomic E-state index is 13.4. The first-order valence-corrected chi connectivity index (χ1v) is 9.89. The molecule has 142 valence electrons. The van der Waals surface area contributed by atoms with Gasteiger partial charge in [-0.2, -0.15) is 0 Å². The van der Waals surface area contributed by atoms with E-state index < -0.39 is 0 Å². The highest BCUT2D eigenvalue weighted by atomic mass is 19.1. The SMILES string of the molecule is O=C(Nc1cnc2ccc(F)cc2c1)c1ccc(N2CC3CCC2CC3)cc1. The van der Waals surface area contributed by atoms with E-state index in [9.17, 15) is 9.18 Å². The van der Waals surface area contributed by atoms with Crippen LogP contribution in [0.25, 0.3) is 10.9 Å². The average molecular weight is 375 g/mol. The van der Waals surface area contributed by atoms with Gasteiger partial charge in [0.1, 0.15) is 5.82 Å². The van der Waals surface area contributed by atoms with Crippen LogP contribution in [0.4, 0.5) is 15.8 Å². The number of nitrogens with zero attached hydrogens (tertiary/aromatic N) is 2. The monoisotopic (exact) mass is 375 g/mol. The summed E-state index contributed by atoms with van der Waals surface area (Å²) in [6, 6.07) is 14.6. The van der Waals surface area contributed by atoms with Gasteiger partial charge in [0.25, 0.3) is 5.91 Å². The number of hydrogen-bond acceptors (Lipinski definition) is 3. The van der Waals surface area contributed by atoms with E-state index in [1.807, 2.05) is 24.3 Å². The van der Waals surface area contributed by atoms with Crippen LogP contribution >= 0.6 is 0 Å². The van der Waals surface area contributed by atoms with E-state index in [1.54, 1.807) is 18.3 Å². The summed E-state index contributed by atoms with van der Waals surface area (Å²) in [6.45, 7) is 1.13. The zero-order valence-electron chi connectivity index (χ0n) is 15.6. The second kappa shape index (κ2) is 6.89. The summed E-state index contributed by atoms with van der Waals surface area (Å²) in [7, 11) is 0. The molecule has 3 aliphatic rings. The lowest BCUT2D eigenvalue weighted by Gasteiger charge is -2.46. The summed E-state index contributed by atoms with van der Waals surface area (Å²) in [4.78, 5) is 19.4. The number of anilines is 2. The number of pyridine rings is 1. The van der Waals surface area contributed by atoms with Crippen molar-refractivity contribution in [2.45, 2.75) is 31.7 Å². The fourth-order valence-corrected chi connectivity index (χ4v) is 4.56. The van der Waals surface area contributed by atoms with Crippen LogP contribution in [0.1, 0.15) is 36.0 Å². The third kappa shape index (κ3) is 3.21. The molecule has 2 bridgehead atoms. The highest BCUT2D eigenvalue weighted by molar-refractivity contribution is 6.05. The minimum atomic E-state index is -0.320. The van der Waals surface area contributed by atoms with Gasteiger partial charge in [-0.25, -0.2) is 4.39 Å². The Morgan fingerprint density at radius 2 is 1.82 bits per heavy atom. The van der Waals surface area contributed by atoms with Crippen LogP contribution < -0.4 is 10.2 Å².